The molecule has 1 aliphatic heterocycles. The Bertz CT molecular complexity index is 472. The third-order valence-corrected chi connectivity index (χ3v) is 4.50. The maximum Gasteiger partial charge on any atom is 0.256 e. The number of ether oxygens (including phenoxy) is 1. The van der Waals surface area contributed by atoms with Crippen LogP contribution in [0.3, 0.4) is 0 Å². The van der Waals surface area contributed by atoms with E-state index in [9.17, 15) is 4.79 Å². The Morgan fingerprint density at radius 3 is 2.48 bits per heavy atom. The molecule has 1 heterocycles. The van der Waals surface area contributed by atoms with E-state index in [2.05, 4.69) is 16.8 Å². The quantitative estimate of drug-likeness (QED) is 0.762. The number of carbonyl (C=O) groups excluding carboxylic acids is 1. The van der Waals surface area contributed by atoms with Crippen molar-refractivity contribution in [3.63, 3.8) is 0 Å². The van der Waals surface area contributed by atoms with Gasteiger partial charge in [0.25, 0.3) is 5.91 Å². The van der Waals surface area contributed by atoms with Crippen molar-refractivity contribution in [3.8, 4) is 0 Å². The van der Waals surface area contributed by atoms with E-state index in [0.29, 0.717) is 0 Å². The van der Waals surface area contributed by atoms with Crippen molar-refractivity contribution in [2.45, 2.75) is 12.5 Å². The summed E-state index contributed by atoms with van der Waals surface area (Å²) >= 11 is 0. The van der Waals surface area contributed by atoms with E-state index in [-0.39, 0.29) is 5.91 Å². The van der Waals surface area contributed by atoms with Crippen LogP contribution in [0.25, 0.3) is 0 Å². The summed E-state index contributed by atoms with van der Waals surface area (Å²) in [5.74, 6) is 0.0251. The molecule has 0 aromatic heterocycles. The van der Waals surface area contributed by atoms with Crippen LogP contribution in [0.5, 0.6) is 0 Å². The zero-order valence-corrected chi connectivity index (χ0v) is 14.6. The minimum atomic E-state index is -0.509. The lowest BCUT2D eigenvalue weighted by Crippen LogP contribution is -2.45. The van der Waals surface area contributed by atoms with Crippen LogP contribution in [-0.4, -0.2) is 81.1 Å². The highest BCUT2D eigenvalue weighted by Crippen LogP contribution is 2.18. The van der Waals surface area contributed by atoms with Gasteiger partial charge in [-0.25, -0.2) is 0 Å². The molecule has 0 aliphatic carbocycles. The SMILES string of the molecule is CO[C@H](C(=O)N(C)CCCN1CCN(C)CC1)c1ccccc1. The van der Waals surface area contributed by atoms with E-state index in [1.807, 2.05) is 37.4 Å². The Kier molecular flexibility index (Phi) is 7.02. The normalized spacial score (nSPS) is 17.9. The fraction of sp³-hybridized carbons (Fsp3) is 0.611. The Hall–Kier alpha value is -1.43. The van der Waals surface area contributed by atoms with Crippen LogP contribution in [-0.2, 0) is 9.53 Å². The summed E-state index contributed by atoms with van der Waals surface area (Å²) in [4.78, 5) is 19.2. The molecule has 1 atom stereocenters. The number of carbonyl (C=O) groups is 1. The molecule has 5 nitrogen and oxygen atoms in total. The van der Waals surface area contributed by atoms with Crippen molar-refractivity contribution in [2.75, 3.05) is 60.5 Å². The summed E-state index contributed by atoms with van der Waals surface area (Å²) in [6.45, 7) is 6.33. The smallest absolute Gasteiger partial charge is 0.256 e. The third kappa shape index (κ3) is 5.30. The predicted octanol–water partition coefficient (Wildman–Crippen LogP) is 1.47. The third-order valence-electron chi connectivity index (χ3n) is 4.50. The van der Waals surface area contributed by atoms with Gasteiger partial charge in [-0.1, -0.05) is 30.3 Å². The van der Waals surface area contributed by atoms with Gasteiger partial charge in [0.1, 0.15) is 0 Å². The number of likely N-dealkylation sites (N-methyl/N-ethyl adjacent to an activating group) is 2. The van der Waals surface area contributed by atoms with Gasteiger partial charge in [-0.15, -0.1) is 0 Å². The van der Waals surface area contributed by atoms with Gasteiger partial charge in [0.2, 0.25) is 0 Å². The van der Waals surface area contributed by atoms with E-state index >= 15 is 0 Å². The van der Waals surface area contributed by atoms with Crippen molar-refractivity contribution in [1.82, 2.24) is 14.7 Å². The molecular weight excluding hydrogens is 290 g/mol. The van der Waals surface area contributed by atoms with Crippen molar-refractivity contribution in [3.05, 3.63) is 35.9 Å². The van der Waals surface area contributed by atoms with E-state index in [0.717, 1.165) is 51.3 Å². The topological polar surface area (TPSA) is 36.0 Å². The molecule has 23 heavy (non-hydrogen) atoms. The van der Waals surface area contributed by atoms with Crippen LogP contribution >= 0.6 is 0 Å². The van der Waals surface area contributed by atoms with Gasteiger partial charge in [-0.3, -0.25) is 4.79 Å². The zero-order chi connectivity index (χ0) is 16.7. The highest BCUT2D eigenvalue weighted by atomic mass is 16.5. The fourth-order valence-corrected chi connectivity index (χ4v) is 2.92. The molecule has 0 bridgehead atoms. The first-order chi connectivity index (χ1) is 11.1. The molecular formula is C18H29N3O2. The number of hydrogen-bond acceptors (Lipinski definition) is 4. The molecule has 0 radical (unpaired) electrons. The number of benzene rings is 1. The summed E-state index contributed by atoms with van der Waals surface area (Å²) in [5, 5.41) is 0. The van der Waals surface area contributed by atoms with Crippen LogP contribution in [0, 0.1) is 0 Å². The molecule has 0 unspecified atom stereocenters. The molecule has 1 saturated heterocycles. The van der Waals surface area contributed by atoms with Gasteiger partial charge < -0.3 is 19.4 Å². The molecule has 0 N–H and O–H groups in total. The van der Waals surface area contributed by atoms with Crippen LogP contribution in [0.2, 0.25) is 0 Å². The van der Waals surface area contributed by atoms with E-state index in [4.69, 9.17) is 4.74 Å². The summed E-state index contributed by atoms with van der Waals surface area (Å²) < 4.78 is 5.42. The average molecular weight is 319 g/mol. The van der Waals surface area contributed by atoms with Gasteiger partial charge in [-0.2, -0.15) is 0 Å². The lowest BCUT2D eigenvalue weighted by Gasteiger charge is -2.32. The van der Waals surface area contributed by atoms with E-state index < -0.39 is 6.10 Å². The van der Waals surface area contributed by atoms with Crippen molar-refractivity contribution >= 4 is 5.91 Å². The molecule has 128 valence electrons. The molecule has 1 aromatic carbocycles. The van der Waals surface area contributed by atoms with Crippen LogP contribution in [0.4, 0.5) is 0 Å². The van der Waals surface area contributed by atoms with Crippen molar-refractivity contribution in [1.29, 1.82) is 0 Å². The highest BCUT2D eigenvalue weighted by molar-refractivity contribution is 5.82. The predicted molar refractivity (Wildman–Crippen MR) is 92.4 cm³/mol. The average Bonchev–Trinajstić information content (AvgIpc) is 2.58. The molecule has 1 aromatic rings. The number of amides is 1. The lowest BCUT2D eigenvalue weighted by molar-refractivity contribution is -0.141. The van der Waals surface area contributed by atoms with Crippen LogP contribution in [0.1, 0.15) is 18.1 Å². The molecule has 1 amide bonds. The summed E-state index contributed by atoms with van der Waals surface area (Å²) in [6.07, 6.45) is 0.488. The monoisotopic (exact) mass is 319 g/mol. The Labute approximate surface area is 139 Å². The summed E-state index contributed by atoms with van der Waals surface area (Å²) in [7, 11) is 5.62. The molecule has 1 fully saturated rings. The molecule has 1 aliphatic rings. The van der Waals surface area contributed by atoms with Gasteiger partial charge in [-0.05, 0) is 25.6 Å². The maximum absolute atomic E-state index is 12.6. The lowest BCUT2D eigenvalue weighted by atomic mass is 10.1. The van der Waals surface area contributed by atoms with Gasteiger partial charge >= 0.3 is 0 Å². The van der Waals surface area contributed by atoms with Gasteiger partial charge in [0, 0.05) is 46.9 Å². The first kappa shape index (κ1) is 17.9. The number of hydrogen-bond donors (Lipinski definition) is 0. The number of piperazine rings is 1. The number of methoxy groups -OCH3 is 1. The second kappa shape index (κ2) is 9.01. The number of rotatable bonds is 7. The highest BCUT2D eigenvalue weighted by Gasteiger charge is 2.23. The minimum Gasteiger partial charge on any atom is -0.367 e. The standard InChI is InChI=1S/C18H29N3O2/c1-19-12-14-21(15-13-19)11-7-10-20(2)18(22)17(23-3)16-8-5-4-6-9-16/h4-6,8-9,17H,7,10-15H2,1-3H3/t17-/m0/s1. The van der Waals surface area contributed by atoms with E-state index in [1.54, 1.807) is 12.0 Å². The first-order valence-electron chi connectivity index (χ1n) is 8.35. The Morgan fingerprint density at radius 2 is 1.87 bits per heavy atom. The Balaban J connectivity index is 1.78. The van der Waals surface area contributed by atoms with Gasteiger partial charge in [0.05, 0.1) is 0 Å². The van der Waals surface area contributed by atoms with Crippen LogP contribution in [0.15, 0.2) is 30.3 Å². The second-order valence-corrected chi connectivity index (χ2v) is 6.28. The minimum absolute atomic E-state index is 0.0251. The maximum atomic E-state index is 12.6. The van der Waals surface area contributed by atoms with Gasteiger partial charge in [0.15, 0.2) is 6.10 Å². The second-order valence-electron chi connectivity index (χ2n) is 6.28. The molecule has 2 rings (SSSR count). The van der Waals surface area contributed by atoms with Crippen molar-refractivity contribution < 1.29 is 9.53 Å². The first-order valence-corrected chi connectivity index (χ1v) is 8.35. The number of nitrogens with zero attached hydrogens (tertiary/aromatic N) is 3. The summed E-state index contributed by atoms with van der Waals surface area (Å²) in [5.41, 5.74) is 0.908. The largest absolute Gasteiger partial charge is 0.367 e. The van der Waals surface area contributed by atoms with Crippen molar-refractivity contribution in [2.24, 2.45) is 0 Å². The fourth-order valence-electron chi connectivity index (χ4n) is 2.92. The molecule has 0 saturated carbocycles. The zero-order valence-electron chi connectivity index (χ0n) is 14.6. The van der Waals surface area contributed by atoms with Crippen LogP contribution < -0.4 is 0 Å². The molecule has 0 spiro atoms. The van der Waals surface area contributed by atoms with E-state index in [1.165, 1.54) is 0 Å². The Morgan fingerprint density at radius 1 is 1.22 bits per heavy atom. The molecule has 5 heteroatoms. The summed E-state index contributed by atoms with van der Waals surface area (Å²) in [6, 6.07) is 9.68.